The second-order valence-corrected chi connectivity index (χ2v) is 10.0. The van der Waals surface area contributed by atoms with Crippen LogP contribution >= 0.6 is 0 Å². The Balaban J connectivity index is 1.80. The Morgan fingerprint density at radius 2 is 1.48 bits per heavy atom. The van der Waals surface area contributed by atoms with Crippen LogP contribution in [0.5, 0.6) is 0 Å². The molecule has 0 aromatic heterocycles. The number of carbonyl (C=O) groups is 1. The lowest BCUT2D eigenvalue weighted by Crippen LogP contribution is -2.49. The summed E-state index contributed by atoms with van der Waals surface area (Å²) < 4.78 is 25.4. The topological polar surface area (TPSA) is 75.3 Å². The predicted molar refractivity (Wildman–Crippen MR) is 109 cm³/mol. The van der Waals surface area contributed by atoms with E-state index in [4.69, 9.17) is 0 Å². The highest BCUT2D eigenvalue weighted by Crippen LogP contribution is 2.40. The van der Waals surface area contributed by atoms with Crippen LogP contribution in [0.2, 0.25) is 0 Å². The first-order valence-electron chi connectivity index (χ1n) is 10.3. The van der Waals surface area contributed by atoms with E-state index in [1.807, 2.05) is 12.1 Å². The van der Waals surface area contributed by atoms with E-state index in [0.29, 0.717) is 11.7 Å². The van der Waals surface area contributed by atoms with E-state index in [1.165, 1.54) is 32.1 Å². The van der Waals surface area contributed by atoms with E-state index in [-0.39, 0.29) is 5.91 Å². The molecule has 1 aromatic carbocycles. The number of benzene rings is 1. The molecule has 0 aliphatic heterocycles. The highest BCUT2D eigenvalue weighted by molar-refractivity contribution is 7.92. The Morgan fingerprint density at radius 1 is 0.926 bits per heavy atom. The first kappa shape index (κ1) is 20.2. The van der Waals surface area contributed by atoms with Crippen molar-refractivity contribution in [3.63, 3.8) is 0 Å². The number of hydrogen-bond donors (Lipinski definition) is 2. The van der Waals surface area contributed by atoms with Crippen molar-refractivity contribution in [1.82, 2.24) is 5.32 Å². The standard InChI is InChI=1S/C21H32N2O3S/c1-27(25,26)23-19-13-11-17(12-14-19)21(15-7-4-8-16-21)20(24)22-18-9-5-2-3-6-10-18/h11-14,18,23H,2-10,15-16H2,1H3,(H,22,24). The van der Waals surface area contributed by atoms with E-state index < -0.39 is 15.4 Å². The lowest BCUT2D eigenvalue weighted by atomic mass is 9.68. The van der Waals surface area contributed by atoms with E-state index >= 15 is 0 Å². The van der Waals surface area contributed by atoms with Gasteiger partial charge in [-0.2, -0.15) is 0 Å². The van der Waals surface area contributed by atoms with Gasteiger partial charge in [0.25, 0.3) is 0 Å². The van der Waals surface area contributed by atoms with Crippen LogP contribution in [0.1, 0.15) is 76.2 Å². The maximum absolute atomic E-state index is 13.4. The monoisotopic (exact) mass is 392 g/mol. The smallest absolute Gasteiger partial charge is 0.230 e. The van der Waals surface area contributed by atoms with Crippen LogP contribution in [0, 0.1) is 0 Å². The Labute approximate surface area is 163 Å². The van der Waals surface area contributed by atoms with Crippen LogP contribution in [-0.2, 0) is 20.2 Å². The minimum Gasteiger partial charge on any atom is -0.353 e. The molecule has 0 atom stereocenters. The molecule has 5 nitrogen and oxygen atoms in total. The summed E-state index contributed by atoms with van der Waals surface area (Å²) in [6, 6.07) is 7.68. The molecule has 0 heterocycles. The molecule has 3 rings (SSSR count). The lowest BCUT2D eigenvalue weighted by molar-refractivity contribution is -0.128. The van der Waals surface area contributed by atoms with Crippen LogP contribution in [0.15, 0.2) is 24.3 Å². The number of carbonyl (C=O) groups excluding carboxylic acids is 1. The summed E-state index contributed by atoms with van der Waals surface area (Å²) in [7, 11) is -3.30. The van der Waals surface area contributed by atoms with Gasteiger partial charge in [0.2, 0.25) is 15.9 Å². The van der Waals surface area contributed by atoms with Crippen LogP contribution in [0.3, 0.4) is 0 Å². The molecular formula is C21H32N2O3S. The molecule has 0 saturated heterocycles. The van der Waals surface area contributed by atoms with Crippen LogP contribution in [-0.4, -0.2) is 26.6 Å². The van der Waals surface area contributed by atoms with Gasteiger partial charge in [0.1, 0.15) is 0 Å². The molecule has 1 aromatic rings. The van der Waals surface area contributed by atoms with Gasteiger partial charge in [-0.25, -0.2) is 8.42 Å². The summed E-state index contributed by atoms with van der Waals surface area (Å²) in [6.07, 6.45) is 13.3. The molecule has 0 bridgehead atoms. The number of sulfonamides is 1. The average molecular weight is 393 g/mol. The third-order valence-corrected chi connectivity index (χ3v) is 6.68. The Morgan fingerprint density at radius 3 is 2.04 bits per heavy atom. The van der Waals surface area contributed by atoms with Crippen molar-refractivity contribution in [3.8, 4) is 0 Å². The minimum atomic E-state index is -3.30. The molecule has 6 heteroatoms. The second-order valence-electron chi connectivity index (χ2n) is 8.26. The van der Waals surface area contributed by atoms with Gasteiger partial charge >= 0.3 is 0 Å². The molecule has 27 heavy (non-hydrogen) atoms. The highest BCUT2D eigenvalue weighted by Gasteiger charge is 2.41. The third-order valence-electron chi connectivity index (χ3n) is 6.07. The number of anilines is 1. The van der Waals surface area contributed by atoms with Crippen molar-refractivity contribution < 1.29 is 13.2 Å². The van der Waals surface area contributed by atoms with Crippen molar-refractivity contribution in [2.45, 2.75) is 82.1 Å². The SMILES string of the molecule is CS(=O)(=O)Nc1ccc(C2(C(=O)NC3CCCCCC3)CCCCC2)cc1. The zero-order valence-electron chi connectivity index (χ0n) is 16.3. The summed E-state index contributed by atoms with van der Waals surface area (Å²) >= 11 is 0. The van der Waals surface area contributed by atoms with Crippen molar-refractivity contribution in [2.24, 2.45) is 0 Å². The zero-order chi connectivity index (χ0) is 19.3. The Bertz CT molecular complexity index is 729. The van der Waals surface area contributed by atoms with Gasteiger partial charge in [-0.1, -0.05) is 57.1 Å². The summed E-state index contributed by atoms with van der Waals surface area (Å²) in [5.74, 6) is 0.165. The fourth-order valence-electron chi connectivity index (χ4n) is 4.62. The van der Waals surface area contributed by atoms with Crippen LogP contribution in [0.4, 0.5) is 5.69 Å². The quantitative estimate of drug-likeness (QED) is 0.741. The van der Waals surface area contributed by atoms with E-state index in [9.17, 15) is 13.2 Å². The molecule has 150 valence electrons. The second kappa shape index (κ2) is 8.63. The number of rotatable bonds is 5. The van der Waals surface area contributed by atoms with Gasteiger partial charge in [-0.3, -0.25) is 9.52 Å². The van der Waals surface area contributed by atoms with E-state index in [0.717, 1.165) is 50.3 Å². The number of nitrogens with one attached hydrogen (secondary N) is 2. The summed E-state index contributed by atoms with van der Waals surface area (Å²) in [5.41, 5.74) is 1.07. The van der Waals surface area contributed by atoms with Gasteiger partial charge in [0, 0.05) is 11.7 Å². The molecule has 2 saturated carbocycles. The van der Waals surface area contributed by atoms with E-state index in [1.54, 1.807) is 12.1 Å². The molecule has 0 unspecified atom stereocenters. The van der Waals surface area contributed by atoms with Crippen LogP contribution < -0.4 is 10.0 Å². The van der Waals surface area contributed by atoms with Crippen molar-refractivity contribution >= 4 is 21.6 Å². The van der Waals surface area contributed by atoms with Gasteiger partial charge in [-0.15, -0.1) is 0 Å². The minimum absolute atomic E-state index is 0.165. The molecule has 1 amide bonds. The average Bonchev–Trinajstić information content (AvgIpc) is 2.90. The molecule has 2 N–H and O–H groups in total. The normalized spacial score (nSPS) is 21.2. The van der Waals surface area contributed by atoms with Crippen LogP contribution in [0.25, 0.3) is 0 Å². The Kier molecular flexibility index (Phi) is 6.45. The number of hydrogen-bond acceptors (Lipinski definition) is 3. The van der Waals surface area contributed by atoms with Crippen molar-refractivity contribution in [1.29, 1.82) is 0 Å². The van der Waals surface area contributed by atoms with E-state index in [2.05, 4.69) is 10.0 Å². The summed E-state index contributed by atoms with van der Waals surface area (Å²) in [4.78, 5) is 13.4. The van der Waals surface area contributed by atoms with Gasteiger partial charge in [-0.05, 0) is 43.4 Å². The molecule has 2 aliphatic rings. The molecule has 2 aliphatic carbocycles. The molecule has 0 spiro atoms. The summed E-state index contributed by atoms with van der Waals surface area (Å²) in [5, 5.41) is 3.37. The first-order valence-corrected chi connectivity index (χ1v) is 12.2. The first-order chi connectivity index (χ1) is 12.9. The Hall–Kier alpha value is -1.56. The zero-order valence-corrected chi connectivity index (χ0v) is 17.1. The fraction of sp³-hybridized carbons (Fsp3) is 0.667. The maximum Gasteiger partial charge on any atom is 0.230 e. The molecule has 0 radical (unpaired) electrons. The van der Waals surface area contributed by atoms with Gasteiger partial charge < -0.3 is 5.32 Å². The summed E-state index contributed by atoms with van der Waals surface area (Å²) in [6.45, 7) is 0. The highest BCUT2D eigenvalue weighted by atomic mass is 32.2. The van der Waals surface area contributed by atoms with Crippen molar-refractivity contribution in [2.75, 3.05) is 11.0 Å². The predicted octanol–water partition coefficient (Wildman–Crippen LogP) is 4.10. The molecule has 2 fully saturated rings. The van der Waals surface area contributed by atoms with Crippen molar-refractivity contribution in [3.05, 3.63) is 29.8 Å². The third kappa shape index (κ3) is 5.24. The van der Waals surface area contributed by atoms with Gasteiger partial charge in [0.05, 0.1) is 11.7 Å². The lowest BCUT2D eigenvalue weighted by Gasteiger charge is -2.37. The molecular weight excluding hydrogens is 360 g/mol. The number of amides is 1. The fourth-order valence-corrected chi connectivity index (χ4v) is 5.19. The largest absolute Gasteiger partial charge is 0.353 e. The maximum atomic E-state index is 13.4. The van der Waals surface area contributed by atoms with Gasteiger partial charge in [0.15, 0.2) is 0 Å².